The normalized spacial score (nSPS) is 11.4. The highest BCUT2D eigenvalue weighted by Crippen LogP contribution is 2.35. The summed E-state index contributed by atoms with van der Waals surface area (Å²) < 4.78 is 43.1. The van der Waals surface area contributed by atoms with Crippen molar-refractivity contribution in [2.24, 2.45) is 0 Å². The molecule has 134 valence electrons. The molecule has 0 aliphatic heterocycles. The molecule has 5 heteroatoms. The van der Waals surface area contributed by atoms with Crippen LogP contribution < -0.4 is 4.74 Å². The van der Waals surface area contributed by atoms with E-state index in [4.69, 9.17) is 4.74 Å². The van der Waals surface area contributed by atoms with Crippen molar-refractivity contribution in [3.8, 4) is 16.9 Å². The minimum Gasteiger partial charge on any atom is -0.497 e. The molecular formula is C21H17F3OS. The first kappa shape index (κ1) is 18.4. The lowest BCUT2D eigenvalue weighted by Crippen LogP contribution is -2.04. The largest absolute Gasteiger partial charge is 0.497 e. The highest BCUT2D eigenvalue weighted by Gasteiger charge is 2.29. The fourth-order valence-electron chi connectivity index (χ4n) is 2.55. The lowest BCUT2D eigenvalue weighted by atomic mass is 10.1. The van der Waals surface area contributed by atoms with Gasteiger partial charge in [0.1, 0.15) is 5.75 Å². The Labute approximate surface area is 154 Å². The van der Waals surface area contributed by atoms with Gasteiger partial charge in [0.15, 0.2) is 0 Å². The zero-order valence-corrected chi connectivity index (χ0v) is 14.9. The number of hydrogen-bond acceptors (Lipinski definition) is 2. The van der Waals surface area contributed by atoms with Crippen molar-refractivity contribution in [2.75, 3.05) is 7.11 Å². The molecule has 3 aromatic rings. The van der Waals surface area contributed by atoms with Crippen molar-refractivity contribution in [1.82, 2.24) is 0 Å². The van der Waals surface area contributed by atoms with Crippen molar-refractivity contribution in [3.63, 3.8) is 0 Å². The summed E-state index contributed by atoms with van der Waals surface area (Å²) in [4.78, 5) is 1.08. The van der Waals surface area contributed by atoms with Crippen LogP contribution in [0.15, 0.2) is 77.7 Å². The van der Waals surface area contributed by atoms with Gasteiger partial charge in [-0.3, -0.25) is 0 Å². The number of ether oxygens (including phenoxy) is 1. The predicted octanol–water partition coefficient (Wildman–Crippen LogP) is 6.67. The van der Waals surface area contributed by atoms with Crippen LogP contribution in [0, 0.1) is 0 Å². The SMILES string of the molecule is COc1ccc(-c2ccccc2SCc2ccc(C(F)(F)F)cc2)cc1. The molecule has 0 bridgehead atoms. The maximum atomic E-state index is 12.7. The average Bonchev–Trinajstić information content (AvgIpc) is 2.66. The van der Waals surface area contributed by atoms with Crippen molar-refractivity contribution in [2.45, 2.75) is 16.8 Å². The molecule has 0 amide bonds. The van der Waals surface area contributed by atoms with E-state index in [-0.39, 0.29) is 0 Å². The summed E-state index contributed by atoms with van der Waals surface area (Å²) in [6.45, 7) is 0. The van der Waals surface area contributed by atoms with Gasteiger partial charge in [-0.25, -0.2) is 0 Å². The molecule has 0 radical (unpaired) electrons. The number of hydrogen-bond donors (Lipinski definition) is 0. The second-order valence-electron chi connectivity index (χ2n) is 5.71. The fraction of sp³-hybridized carbons (Fsp3) is 0.143. The van der Waals surface area contributed by atoms with E-state index in [1.54, 1.807) is 18.9 Å². The van der Waals surface area contributed by atoms with E-state index in [0.29, 0.717) is 5.75 Å². The van der Waals surface area contributed by atoms with Crippen LogP contribution in [-0.4, -0.2) is 7.11 Å². The van der Waals surface area contributed by atoms with Crippen LogP contribution in [0.4, 0.5) is 13.2 Å². The van der Waals surface area contributed by atoms with E-state index in [1.165, 1.54) is 12.1 Å². The van der Waals surface area contributed by atoms with Gasteiger partial charge < -0.3 is 4.74 Å². The second-order valence-corrected chi connectivity index (χ2v) is 6.73. The van der Waals surface area contributed by atoms with Gasteiger partial charge in [-0.05, 0) is 47.0 Å². The Morgan fingerprint density at radius 1 is 0.846 bits per heavy atom. The summed E-state index contributed by atoms with van der Waals surface area (Å²) in [5.74, 6) is 1.40. The molecule has 3 rings (SSSR count). The Bertz CT molecular complexity index is 856. The van der Waals surface area contributed by atoms with E-state index in [2.05, 4.69) is 0 Å². The van der Waals surface area contributed by atoms with E-state index >= 15 is 0 Å². The Balaban J connectivity index is 1.76. The quantitative estimate of drug-likeness (QED) is 0.461. The molecule has 0 spiro atoms. The minimum absolute atomic E-state index is 0.602. The zero-order valence-electron chi connectivity index (χ0n) is 14.1. The lowest BCUT2D eigenvalue weighted by Gasteiger charge is -2.11. The number of methoxy groups -OCH3 is 1. The van der Waals surface area contributed by atoms with E-state index in [0.717, 1.165) is 39.5 Å². The highest BCUT2D eigenvalue weighted by atomic mass is 32.2. The summed E-state index contributed by atoms with van der Waals surface area (Å²) in [6.07, 6.45) is -4.30. The maximum absolute atomic E-state index is 12.7. The Morgan fingerprint density at radius 3 is 2.12 bits per heavy atom. The van der Waals surface area contributed by atoms with E-state index in [1.807, 2.05) is 48.5 Å². The van der Waals surface area contributed by atoms with Gasteiger partial charge in [-0.1, -0.05) is 42.5 Å². The van der Waals surface area contributed by atoms with Crippen LogP contribution in [0.3, 0.4) is 0 Å². The number of benzene rings is 3. The molecule has 26 heavy (non-hydrogen) atoms. The zero-order chi connectivity index (χ0) is 18.6. The van der Waals surface area contributed by atoms with Gasteiger partial charge in [0.2, 0.25) is 0 Å². The summed E-state index contributed by atoms with van der Waals surface area (Å²) in [5.41, 5.74) is 2.39. The summed E-state index contributed by atoms with van der Waals surface area (Å²) in [5, 5.41) is 0. The Kier molecular flexibility index (Phi) is 5.57. The molecule has 0 N–H and O–H groups in total. The molecule has 0 aliphatic carbocycles. The summed E-state index contributed by atoms with van der Waals surface area (Å²) >= 11 is 1.61. The first-order valence-corrected chi connectivity index (χ1v) is 8.98. The summed E-state index contributed by atoms with van der Waals surface area (Å²) in [6, 6.07) is 21.1. The van der Waals surface area contributed by atoms with E-state index in [9.17, 15) is 13.2 Å². The molecule has 3 aromatic carbocycles. The molecule has 1 nitrogen and oxygen atoms in total. The number of thioether (sulfide) groups is 1. The first-order valence-electron chi connectivity index (χ1n) is 8.00. The van der Waals surface area contributed by atoms with Crippen LogP contribution in [0.25, 0.3) is 11.1 Å². The molecular weight excluding hydrogens is 357 g/mol. The molecule has 0 aromatic heterocycles. The van der Waals surface area contributed by atoms with Gasteiger partial charge in [-0.2, -0.15) is 13.2 Å². The van der Waals surface area contributed by atoms with Crippen molar-refractivity contribution >= 4 is 11.8 Å². The van der Waals surface area contributed by atoms with Crippen LogP contribution in [0.1, 0.15) is 11.1 Å². The number of halogens is 3. The topological polar surface area (TPSA) is 9.23 Å². The second kappa shape index (κ2) is 7.87. The van der Waals surface area contributed by atoms with E-state index < -0.39 is 11.7 Å². The predicted molar refractivity (Wildman–Crippen MR) is 99.4 cm³/mol. The third-order valence-electron chi connectivity index (χ3n) is 3.96. The van der Waals surface area contributed by atoms with Gasteiger partial charge in [-0.15, -0.1) is 11.8 Å². The lowest BCUT2D eigenvalue weighted by molar-refractivity contribution is -0.137. The number of rotatable bonds is 5. The molecule has 0 unspecified atom stereocenters. The summed E-state index contributed by atoms with van der Waals surface area (Å²) in [7, 11) is 1.63. The smallest absolute Gasteiger partial charge is 0.416 e. The molecule has 0 saturated heterocycles. The van der Waals surface area contributed by atoms with Gasteiger partial charge >= 0.3 is 6.18 Å². The Hall–Kier alpha value is -2.40. The monoisotopic (exact) mass is 374 g/mol. The maximum Gasteiger partial charge on any atom is 0.416 e. The molecule has 0 heterocycles. The molecule has 0 saturated carbocycles. The van der Waals surface area contributed by atoms with Crippen LogP contribution >= 0.6 is 11.8 Å². The molecule has 0 aliphatic rings. The van der Waals surface area contributed by atoms with Crippen LogP contribution in [0.5, 0.6) is 5.75 Å². The minimum atomic E-state index is -4.30. The first-order chi connectivity index (χ1) is 12.5. The molecule has 0 atom stereocenters. The van der Waals surface area contributed by atoms with Gasteiger partial charge in [0, 0.05) is 10.6 Å². The highest BCUT2D eigenvalue weighted by molar-refractivity contribution is 7.98. The van der Waals surface area contributed by atoms with Crippen molar-refractivity contribution in [1.29, 1.82) is 0 Å². The van der Waals surface area contributed by atoms with Crippen LogP contribution in [0.2, 0.25) is 0 Å². The molecule has 0 fully saturated rings. The van der Waals surface area contributed by atoms with Gasteiger partial charge in [0.25, 0.3) is 0 Å². The van der Waals surface area contributed by atoms with Crippen LogP contribution in [-0.2, 0) is 11.9 Å². The fourth-order valence-corrected chi connectivity index (χ4v) is 3.58. The standard InChI is InChI=1S/C21H17F3OS/c1-25-18-12-8-16(9-13-18)19-4-2-3-5-20(19)26-14-15-6-10-17(11-7-15)21(22,23)24/h2-13H,14H2,1H3. The average molecular weight is 374 g/mol. The van der Waals surface area contributed by atoms with Gasteiger partial charge in [0.05, 0.1) is 12.7 Å². The van der Waals surface area contributed by atoms with Crippen molar-refractivity contribution in [3.05, 3.63) is 83.9 Å². The number of alkyl halides is 3. The third kappa shape index (κ3) is 4.41. The van der Waals surface area contributed by atoms with Crippen molar-refractivity contribution < 1.29 is 17.9 Å². The Morgan fingerprint density at radius 2 is 1.50 bits per heavy atom. The third-order valence-corrected chi connectivity index (χ3v) is 5.11.